The summed E-state index contributed by atoms with van der Waals surface area (Å²) in [4.78, 5) is 0. The summed E-state index contributed by atoms with van der Waals surface area (Å²) in [6.07, 6.45) is 0. The third-order valence-corrected chi connectivity index (χ3v) is 4.20. The van der Waals surface area contributed by atoms with E-state index in [4.69, 9.17) is 25.6 Å². The van der Waals surface area contributed by atoms with Gasteiger partial charge in [0.1, 0.15) is 5.82 Å². The fraction of sp³-hybridized carbons (Fsp3) is 0.538. The number of nitrogens with one attached hydrogen (secondary N) is 1. The molecule has 21 heavy (non-hydrogen) atoms. The fourth-order valence-corrected chi connectivity index (χ4v) is 2.26. The van der Waals surface area contributed by atoms with Crippen LogP contribution >= 0.6 is 11.6 Å². The summed E-state index contributed by atoms with van der Waals surface area (Å²) in [6, 6.07) is 3.03. The third kappa shape index (κ3) is 3.21. The molecule has 0 bridgehead atoms. The van der Waals surface area contributed by atoms with E-state index >= 15 is 0 Å². The molecule has 0 radical (unpaired) electrons. The molecule has 1 aliphatic heterocycles. The topological polar surface area (TPSA) is 39.7 Å². The van der Waals surface area contributed by atoms with Crippen LogP contribution in [0.2, 0.25) is 5.02 Å². The Hall–Kier alpha value is -0.750. The molecule has 0 atom stereocenters. The van der Waals surface area contributed by atoms with Crippen LogP contribution < -0.4 is 10.7 Å². The van der Waals surface area contributed by atoms with Crippen LogP contribution in [0.4, 0.5) is 10.1 Å². The zero-order valence-corrected chi connectivity index (χ0v) is 13.7. The standard InChI is InChI=1S/C13H19B2ClFNO3/c1-12(2)13(3,4)21-15(20-12)9-6-8(16)7-10(11(9)17)18-14-19-5/h6-7,14,18H,1-5H3. The van der Waals surface area contributed by atoms with Gasteiger partial charge < -0.3 is 19.2 Å². The minimum atomic E-state index is -0.795. The molecule has 1 aromatic carbocycles. The molecule has 0 aromatic heterocycles. The summed E-state index contributed by atoms with van der Waals surface area (Å²) in [5.74, 6) is -0.449. The molecule has 0 unspecified atom stereocenters. The molecule has 1 saturated heterocycles. The van der Waals surface area contributed by atoms with Crippen LogP contribution in [0.1, 0.15) is 27.7 Å². The van der Waals surface area contributed by atoms with Gasteiger partial charge in [-0.3, -0.25) is 0 Å². The second-order valence-electron chi connectivity index (χ2n) is 6.05. The van der Waals surface area contributed by atoms with Crippen molar-refractivity contribution < 1.29 is 18.4 Å². The highest BCUT2D eigenvalue weighted by atomic mass is 35.5. The molecule has 1 aromatic rings. The van der Waals surface area contributed by atoms with E-state index in [0.29, 0.717) is 5.02 Å². The van der Waals surface area contributed by atoms with E-state index in [-0.39, 0.29) is 18.8 Å². The van der Waals surface area contributed by atoms with E-state index in [0.717, 1.165) is 0 Å². The molecule has 0 aliphatic carbocycles. The van der Waals surface area contributed by atoms with Crippen LogP contribution in [0.3, 0.4) is 0 Å². The van der Waals surface area contributed by atoms with Crippen molar-refractivity contribution >= 4 is 37.5 Å². The van der Waals surface area contributed by atoms with E-state index in [1.165, 1.54) is 19.2 Å². The molecule has 2 rings (SSSR count). The Bertz CT molecular complexity index is 526. The Kier molecular flexibility index (Phi) is 4.59. The van der Waals surface area contributed by atoms with Gasteiger partial charge in [-0.15, -0.1) is 0 Å². The lowest BCUT2D eigenvalue weighted by Crippen LogP contribution is -2.41. The van der Waals surface area contributed by atoms with Crippen LogP contribution in [-0.2, 0) is 14.0 Å². The number of anilines is 1. The normalized spacial score (nSPS) is 19.7. The molecule has 0 saturated carbocycles. The molecular weight excluding hydrogens is 294 g/mol. The van der Waals surface area contributed by atoms with Gasteiger partial charge >= 0.3 is 14.7 Å². The highest BCUT2D eigenvalue weighted by Gasteiger charge is 2.52. The number of hydrogen-bond acceptors (Lipinski definition) is 4. The van der Waals surface area contributed by atoms with Gasteiger partial charge in [0.25, 0.3) is 0 Å². The Morgan fingerprint density at radius 3 is 2.33 bits per heavy atom. The predicted molar refractivity (Wildman–Crippen MR) is 84.9 cm³/mol. The van der Waals surface area contributed by atoms with Crippen molar-refractivity contribution in [3.63, 3.8) is 0 Å². The molecule has 1 fully saturated rings. The summed E-state index contributed by atoms with van der Waals surface area (Å²) in [5.41, 5.74) is -0.534. The van der Waals surface area contributed by atoms with Crippen molar-refractivity contribution in [2.75, 3.05) is 12.3 Å². The first-order valence-corrected chi connectivity index (χ1v) is 7.13. The Morgan fingerprint density at radius 2 is 1.81 bits per heavy atom. The van der Waals surface area contributed by atoms with Crippen LogP contribution in [0.25, 0.3) is 0 Å². The molecule has 1 heterocycles. The first-order chi connectivity index (χ1) is 9.68. The van der Waals surface area contributed by atoms with Gasteiger partial charge in [-0.2, -0.15) is 0 Å². The van der Waals surface area contributed by atoms with Gasteiger partial charge in [0.2, 0.25) is 0 Å². The Morgan fingerprint density at radius 1 is 1.24 bits per heavy atom. The number of rotatable bonds is 4. The van der Waals surface area contributed by atoms with Crippen molar-refractivity contribution in [3.05, 3.63) is 23.0 Å². The van der Waals surface area contributed by atoms with Gasteiger partial charge in [0.15, 0.2) is 0 Å². The van der Waals surface area contributed by atoms with Crippen LogP contribution in [0, 0.1) is 5.82 Å². The third-order valence-electron chi connectivity index (χ3n) is 3.98. The summed E-state index contributed by atoms with van der Waals surface area (Å²) in [6.45, 7) is 7.66. The monoisotopic (exact) mass is 313 g/mol. The maximum Gasteiger partial charge on any atom is 0.497 e. The largest absolute Gasteiger partial charge is 0.497 e. The van der Waals surface area contributed by atoms with Crippen molar-refractivity contribution in [2.24, 2.45) is 0 Å². The molecule has 8 heteroatoms. The summed E-state index contributed by atoms with van der Waals surface area (Å²) >= 11 is 6.06. The molecule has 4 nitrogen and oxygen atoms in total. The van der Waals surface area contributed by atoms with Gasteiger partial charge in [-0.1, -0.05) is 11.6 Å². The second kappa shape index (κ2) is 5.80. The van der Waals surface area contributed by atoms with E-state index < -0.39 is 24.1 Å². The Balaban J connectivity index is 2.35. The zero-order chi connectivity index (χ0) is 15.8. The molecule has 1 N–H and O–H groups in total. The summed E-state index contributed by atoms with van der Waals surface area (Å²) in [7, 11) is 0.904. The number of hydrogen-bond donors (Lipinski definition) is 1. The number of benzene rings is 1. The van der Waals surface area contributed by atoms with Crippen molar-refractivity contribution in [1.29, 1.82) is 0 Å². The van der Waals surface area contributed by atoms with E-state index in [1.807, 2.05) is 27.7 Å². The average molecular weight is 313 g/mol. The quantitative estimate of drug-likeness (QED) is 0.864. The second-order valence-corrected chi connectivity index (χ2v) is 6.49. The van der Waals surface area contributed by atoms with Crippen LogP contribution in [0.5, 0.6) is 0 Å². The lowest BCUT2D eigenvalue weighted by atomic mass is 9.78. The molecule has 0 spiro atoms. The molecule has 0 amide bonds. The average Bonchev–Trinajstić information content (AvgIpc) is 2.59. The van der Waals surface area contributed by atoms with E-state index in [1.54, 1.807) is 0 Å². The predicted octanol–water partition coefficient (Wildman–Crippen LogP) is 2.10. The summed E-state index contributed by atoms with van der Waals surface area (Å²) in [5, 5.41) is 3.22. The van der Waals surface area contributed by atoms with Gasteiger partial charge in [-0.25, -0.2) is 4.39 Å². The van der Waals surface area contributed by atoms with E-state index in [2.05, 4.69) is 5.23 Å². The van der Waals surface area contributed by atoms with Crippen molar-refractivity contribution in [1.82, 2.24) is 0 Å². The number of halogens is 2. The first-order valence-electron chi connectivity index (χ1n) is 6.75. The molecular formula is C13H19B2ClFNO3. The fourth-order valence-electron chi connectivity index (χ4n) is 2.03. The van der Waals surface area contributed by atoms with Crippen LogP contribution in [0.15, 0.2) is 12.1 Å². The Labute approximate surface area is 130 Å². The summed E-state index contributed by atoms with van der Waals surface area (Å²) < 4.78 is 31.2. The van der Waals surface area contributed by atoms with Gasteiger partial charge in [-0.05, 0) is 39.8 Å². The highest BCUT2D eigenvalue weighted by molar-refractivity contribution is 6.62. The van der Waals surface area contributed by atoms with Crippen LogP contribution in [-0.4, -0.2) is 33.0 Å². The lowest BCUT2D eigenvalue weighted by molar-refractivity contribution is 0.00578. The first kappa shape index (κ1) is 16.6. The maximum absolute atomic E-state index is 14.6. The minimum absolute atomic E-state index is 0.181. The highest BCUT2D eigenvalue weighted by Crippen LogP contribution is 2.37. The molecule has 114 valence electrons. The van der Waals surface area contributed by atoms with E-state index in [9.17, 15) is 4.39 Å². The SMILES string of the molecule is COBNc1cc(Cl)cc(B2OC(C)(C)C(C)(C)O2)c1F. The smallest absolute Gasteiger partial charge is 0.422 e. The maximum atomic E-state index is 14.6. The van der Waals surface area contributed by atoms with Crippen molar-refractivity contribution in [3.8, 4) is 0 Å². The minimum Gasteiger partial charge on any atom is -0.422 e. The lowest BCUT2D eigenvalue weighted by Gasteiger charge is -2.32. The van der Waals surface area contributed by atoms with Crippen molar-refractivity contribution in [2.45, 2.75) is 38.9 Å². The zero-order valence-electron chi connectivity index (χ0n) is 12.9. The van der Waals surface area contributed by atoms with Gasteiger partial charge in [0, 0.05) is 17.6 Å². The molecule has 1 aliphatic rings. The van der Waals surface area contributed by atoms with Gasteiger partial charge in [0.05, 0.1) is 16.9 Å².